The van der Waals surface area contributed by atoms with Crippen LogP contribution in [0.2, 0.25) is 0 Å². The molecule has 0 fully saturated rings. The number of nitrogens with one attached hydrogen (secondary N) is 1. The summed E-state index contributed by atoms with van der Waals surface area (Å²) >= 11 is 0. The van der Waals surface area contributed by atoms with Crippen molar-refractivity contribution in [2.45, 2.75) is 51.7 Å². The molecule has 2 aromatic rings. The molecule has 0 radical (unpaired) electrons. The first-order valence-electron chi connectivity index (χ1n) is 9.80. The van der Waals surface area contributed by atoms with Crippen molar-refractivity contribution >= 4 is 0 Å². The predicted octanol–water partition coefficient (Wildman–Crippen LogP) is 3.80. The topological polar surface area (TPSA) is 37.4 Å². The van der Waals surface area contributed by atoms with Crippen LogP contribution in [0.25, 0.3) is 0 Å². The first-order chi connectivity index (χ1) is 12.8. The van der Waals surface area contributed by atoms with Crippen LogP contribution in [0.3, 0.4) is 0 Å². The zero-order chi connectivity index (χ0) is 18.2. The highest BCUT2D eigenvalue weighted by atomic mass is 16.5. The maximum atomic E-state index is 5.50. The van der Waals surface area contributed by atoms with Crippen LogP contribution in [-0.4, -0.2) is 36.1 Å². The van der Waals surface area contributed by atoms with Crippen LogP contribution in [0.4, 0.5) is 0 Å². The maximum Gasteiger partial charge on any atom is 0.141 e. The molecule has 0 bridgehead atoms. The Morgan fingerprint density at radius 2 is 2.00 bits per heavy atom. The third-order valence-corrected chi connectivity index (χ3v) is 5.16. The molecular weight excluding hydrogens is 322 g/mol. The number of hydrogen-bond acceptors (Lipinski definition) is 4. The Hall–Kier alpha value is -1.91. The van der Waals surface area contributed by atoms with Gasteiger partial charge in [-0.3, -0.25) is 9.88 Å². The molecule has 140 valence electrons. The lowest BCUT2D eigenvalue weighted by atomic mass is 9.95. The number of pyridine rings is 1. The highest BCUT2D eigenvalue weighted by Crippen LogP contribution is 2.20. The Morgan fingerprint density at radius 1 is 1.15 bits per heavy atom. The molecule has 0 saturated heterocycles. The van der Waals surface area contributed by atoms with E-state index in [4.69, 9.17) is 4.74 Å². The predicted molar refractivity (Wildman–Crippen MR) is 106 cm³/mol. The minimum atomic E-state index is 0.487. The molecule has 1 atom stereocenters. The quantitative estimate of drug-likeness (QED) is 0.696. The Labute approximate surface area is 157 Å². The Bertz CT molecular complexity index is 689. The summed E-state index contributed by atoms with van der Waals surface area (Å²) in [6.07, 6.45) is 6.71. The molecule has 1 aromatic heterocycles. The summed E-state index contributed by atoms with van der Waals surface area (Å²) < 4.78 is 5.50. The fraction of sp³-hybridized carbons (Fsp3) is 0.500. The summed E-state index contributed by atoms with van der Waals surface area (Å²) in [5.41, 5.74) is 3.95. The van der Waals surface area contributed by atoms with E-state index in [1.807, 2.05) is 18.3 Å². The molecule has 0 aliphatic carbocycles. The van der Waals surface area contributed by atoms with Gasteiger partial charge in [0.1, 0.15) is 5.75 Å². The Kier molecular flexibility index (Phi) is 7.04. The summed E-state index contributed by atoms with van der Waals surface area (Å²) in [5, 5.41) is 3.72. The standard InChI is InChI=1S/C22H31N3O/c1-3-4-7-13-25(17-21-22(26-2)11-8-12-23-21)16-20-14-18-9-5-6-10-19(18)15-24-20/h5-6,8-12,20,24H,3-4,7,13-17H2,1-2H3/t20-/m1/s1. The van der Waals surface area contributed by atoms with E-state index in [1.165, 1.54) is 30.4 Å². The molecule has 1 aliphatic heterocycles. The fourth-order valence-corrected chi connectivity index (χ4v) is 3.72. The van der Waals surface area contributed by atoms with Crippen LogP contribution in [-0.2, 0) is 19.5 Å². The zero-order valence-corrected chi connectivity index (χ0v) is 16.1. The summed E-state index contributed by atoms with van der Waals surface area (Å²) in [6.45, 7) is 6.21. The maximum absolute atomic E-state index is 5.50. The summed E-state index contributed by atoms with van der Waals surface area (Å²) in [5.74, 6) is 0.884. The molecule has 1 N–H and O–H groups in total. The second-order valence-corrected chi connectivity index (χ2v) is 7.15. The largest absolute Gasteiger partial charge is 0.495 e. The molecular formula is C22H31N3O. The number of aromatic nitrogens is 1. The smallest absolute Gasteiger partial charge is 0.141 e. The van der Waals surface area contributed by atoms with Crippen LogP contribution in [0.15, 0.2) is 42.6 Å². The average Bonchev–Trinajstić information content (AvgIpc) is 2.68. The van der Waals surface area contributed by atoms with E-state index in [2.05, 4.69) is 46.4 Å². The van der Waals surface area contributed by atoms with Gasteiger partial charge < -0.3 is 10.1 Å². The number of fused-ring (bicyclic) bond motifs is 1. The molecule has 2 heterocycles. The molecule has 0 amide bonds. The van der Waals surface area contributed by atoms with Gasteiger partial charge in [0.05, 0.1) is 12.8 Å². The molecule has 26 heavy (non-hydrogen) atoms. The minimum absolute atomic E-state index is 0.487. The lowest BCUT2D eigenvalue weighted by Gasteiger charge is -2.32. The zero-order valence-electron chi connectivity index (χ0n) is 16.1. The average molecular weight is 354 g/mol. The van der Waals surface area contributed by atoms with Crippen molar-refractivity contribution in [1.82, 2.24) is 15.2 Å². The third-order valence-electron chi connectivity index (χ3n) is 5.16. The van der Waals surface area contributed by atoms with E-state index in [0.717, 1.165) is 44.0 Å². The number of nitrogens with zero attached hydrogens (tertiary/aromatic N) is 2. The van der Waals surface area contributed by atoms with Crippen molar-refractivity contribution in [2.24, 2.45) is 0 Å². The Morgan fingerprint density at radius 3 is 2.81 bits per heavy atom. The molecule has 0 saturated carbocycles. The van der Waals surface area contributed by atoms with E-state index in [0.29, 0.717) is 6.04 Å². The molecule has 1 aromatic carbocycles. The molecule has 0 spiro atoms. The van der Waals surface area contributed by atoms with E-state index in [9.17, 15) is 0 Å². The van der Waals surface area contributed by atoms with Crippen molar-refractivity contribution in [2.75, 3.05) is 20.2 Å². The first-order valence-corrected chi connectivity index (χ1v) is 9.80. The lowest BCUT2D eigenvalue weighted by Crippen LogP contribution is -2.44. The normalized spacial score (nSPS) is 16.5. The van der Waals surface area contributed by atoms with Crippen molar-refractivity contribution in [3.63, 3.8) is 0 Å². The van der Waals surface area contributed by atoms with Gasteiger partial charge in [0.25, 0.3) is 0 Å². The van der Waals surface area contributed by atoms with Gasteiger partial charge in [0, 0.05) is 31.9 Å². The summed E-state index contributed by atoms with van der Waals surface area (Å²) in [4.78, 5) is 7.09. The van der Waals surface area contributed by atoms with Crippen LogP contribution < -0.4 is 10.1 Å². The first kappa shape index (κ1) is 18.9. The number of benzene rings is 1. The van der Waals surface area contributed by atoms with E-state index in [1.54, 1.807) is 7.11 Å². The van der Waals surface area contributed by atoms with Gasteiger partial charge in [-0.1, -0.05) is 44.0 Å². The van der Waals surface area contributed by atoms with Gasteiger partial charge in [0.15, 0.2) is 0 Å². The molecule has 3 rings (SSSR count). The highest BCUT2D eigenvalue weighted by Gasteiger charge is 2.21. The SMILES string of the molecule is CCCCCN(Cc1ncccc1OC)C[C@H]1Cc2ccccc2CN1. The van der Waals surface area contributed by atoms with E-state index in [-0.39, 0.29) is 0 Å². The van der Waals surface area contributed by atoms with Crippen LogP contribution in [0.1, 0.15) is 43.0 Å². The number of unbranched alkanes of at least 4 members (excludes halogenated alkanes) is 2. The number of ether oxygens (including phenoxy) is 1. The molecule has 4 heteroatoms. The summed E-state index contributed by atoms with van der Waals surface area (Å²) in [6, 6.07) is 13.2. The number of rotatable bonds is 9. The van der Waals surface area contributed by atoms with Crippen molar-refractivity contribution in [1.29, 1.82) is 0 Å². The van der Waals surface area contributed by atoms with Crippen LogP contribution >= 0.6 is 0 Å². The van der Waals surface area contributed by atoms with Gasteiger partial charge in [-0.2, -0.15) is 0 Å². The minimum Gasteiger partial charge on any atom is -0.495 e. The van der Waals surface area contributed by atoms with Gasteiger partial charge in [0.2, 0.25) is 0 Å². The van der Waals surface area contributed by atoms with Crippen molar-refractivity contribution in [3.05, 3.63) is 59.4 Å². The summed E-state index contributed by atoms with van der Waals surface area (Å²) in [7, 11) is 1.72. The number of methoxy groups -OCH3 is 1. The van der Waals surface area contributed by atoms with Crippen LogP contribution in [0, 0.1) is 0 Å². The monoisotopic (exact) mass is 353 g/mol. The van der Waals surface area contributed by atoms with Gasteiger partial charge in [-0.05, 0) is 42.6 Å². The van der Waals surface area contributed by atoms with E-state index < -0.39 is 0 Å². The van der Waals surface area contributed by atoms with Gasteiger partial charge in [-0.25, -0.2) is 0 Å². The second kappa shape index (κ2) is 9.70. The van der Waals surface area contributed by atoms with Crippen molar-refractivity contribution < 1.29 is 4.74 Å². The van der Waals surface area contributed by atoms with Gasteiger partial charge in [-0.15, -0.1) is 0 Å². The highest BCUT2D eigenvalue weighted by molar-refractivity contribution is 5.30. The van der Waals surface area contributed by atoms with Crippen molar-refractivity contribution in [3.8, 4) is 5.75 Å². The molecule has 4 nitrogen and oxygen atoms in total. The third kappa shape index (κ3) is 5.05. The molecule has 1 aliphatic rings. The fourth-order valence-electron chi connectivity index (χ4n) is 3.72. The second-order valence-electron chi connectivity index (χ2n) is 7.15. The number of hydrogen-bond donors (Lipinski definition) is 1. The lowest BCUT2D eigenvalue weighted by molar-refractivity contribution is 0.219. The van der Waals surface area contributed by atoms with E-state index >= 15 is 0 Å². The Balaban J connectivity index is 1.66. The van der Waals surface area contributed by atoms with Gasteiger partial charge >= 0.3 is 0 Å². The van der Waals surface area contributed by atoms with Crippen LogP contribution in [0.5, 0.6) is 5.75 Å². The molecule has 0 unspecified atom stereocenters.